The van der Waals surface area contributed by atoms with Gasteiger partial charge < -0.3 is 19.5 Å². The fraction of sp³-hybridized carbons (Fsp3) is 0.227. The van der Waals surface area contributed by atoms with Crippen LogP contribution < -0.4 is 19.5 Å². The van der Waals surface area contributed by atoms with Gasteiger partial charge in [0, 0.05) is 29.1 Å². The second-order valence-electron chi connectivity index (χ2n) is 6.73. The number of carbonyl (C=O) groups excluding carboxylic acids is 1. The molecule has 4 rings (SSSR count). The third-order valence-electron chi connectivity index (χ3n) is 4.32. The fourth-order valence-electron chi connectivity index (χ4n) is 2.90. The molecule has 29 heavy (non-hydrogen) atoms. The van der Waals surface area contributed by atoms with Crippen molar-refractivity contribution in [3.05, 3.63) is 59.8 Å². The van der Waals surface area contributed by atoms with Crippen molar-refractivity contribution in [2.24, 2.45) is 0 Å². The lowest BCUT2D eigenvalue weighted by Gasteiger charge is -2.19. The Balaban J connectivity index is 1.41. The van der Waals surface area contributed by atoms with Gasteiger partial charge in [-0.3, -0.25) is 4.79 Å². The lowest BCUT2D eigenvalue weighted by molar-refractivity contribution is -0.118. The van der Waals surface area contributed by atoms with Crippen LogP contribution in [0.1, 0.15) is 11.3 Å². The first-order chi connectivity index (χ1) is 14.1. The van der Waals surface area contributed by atoms with Crippen LogP contribution >= 0.6 is 0 Å². The maximum atomic E-state index is 12.3. The molecule has 0 saturated carbocycles. The van der Waals surface area contributed by atoms with E-state index in [0.717, 1.165) is 16.8 Å². The maximum absolute atomic E-state index is 12.3. The minimum Gasteiger partial charge on any atom is -0.486 e. The number of ether oxygens (including phenoxy) is 3. The summed E-state index contributed by atoms with van der Waals surface area (Å²) in [4.78, 5) is 21.2. The van der Waals surface area contributed by atoms with Crippen LogP contribution in [0.25, 0.3) is 11.4 Å². The molecule has 1 N–H and O–H groups in total. The minimum atomic E-state index is -0.296. The monoisotopic (exact) mass is 391 g/mol. The topological polar surface area (TPSA) is 82.6 Å². The van der Waals surface area contributed by atoms with Crippen LogP contribution in [-0.4, -0.2) is 35.7 Å². The first-order valence-corrected chi connectivity index (χ1v) is 9.32. The number of nitrogens with zero attached hydrogens (tertiary/aromatic N) is 2. The second-order valence-corrected chi connectivity index (χ2v) is 6.73. The average molecular weight is 391 g/mol. The van der Waals surface area contributed by atoms with E-state index in [4.69, 9.17) is 14.2 Å². The number of rotatable bonds is 5. The van der Waals surface area contributed by atoms with Crippen LogP contribution in [0.2, 0.25) is 0 Å². The van der Waals surface area contributed by atoms with Gasteiger partial charge in [0.05, 0.1) is 0 Å². The molecule has 0 spiro atoms. The smallest absolute Gasteiger partial charge is 0.262 e. The summed E-state index contributed by atoms with van der Waals surface area (Å²) in [6, 6.07) is 14.9. The summed E-state index contributed by atoms with van der Waals surface area (Å²) in [5.41, 5.74) is 3.43. The highest BCUT2D eigenvalue weighted by Gasteiger charge is 2.13. The maximum Gasteiger partial charge on any atom is 0.262 e. The van der Waals surface area contributed by atoms with Gasteiger partial charge in [0.15, 0.2) is 23.9 Å². The highest BCUT2D eigenvalue weighted by Crippen LogP contribution is 2.32. The van der Waals surface area contributed by atoms with E-state index in [-0.39, 0.29) is 12.5 Å². The van der Waals surface area contributed by atoms with Gasteiger partial charge >= 0.3 is 0 Å². The molecule has 1 aliphatic heterocycles. The van der Waals surface area contributed by atoms with Gasteiger partial charge in [-0.2, -0.15) is 4.98 Å². The first kappa shape index (κ1) is 18.7. The molecular weight excluding hydrogens is 370 g/mol. The summed E-state index contributed by atoms with van der Waals surface area (Å²) >= 11 is 0. The number of hydrogen-bond donors (Lipinski definition) is 1. The molecule has 1 aromatic heterocycles. The van der Waals surface area contributed by atoms with Crippen LogP contribution in [0.5, 0.6) is 17.4 Å². The number of amides is 1. The number of carbonyl (C=O) groups is 1. The predicted octanol–water partition coefficient (Wildman–Crippen LogP) is 3.55. The summed E-state index contributed by atoms with van der Waals surface area (Å²) in [6.45, 7) is 4.73. The highest BCUT2D eigenvalue weighted by atomic mass is 16.6. The van der Waals surface area contributed by atoms with E-state index >= 15 is 0 Å². The normalized spacial score (nSPS) is 12.3. The Labute approximate surface area is 168 Å². The molecule has 7 nitrogen and oxygen atoms in total. The minimum absolute atomic E-state index is 0.168. The standard InChI is InChI=1S/C22H21N3O4/c1-14-3-5-16(6-4-14)22-23-15(2)11-21(25-22)29-13-20(26)24-17-7-8-18-19(12-17)28-10-9-27-18/h3-8,11-12H,9-10,13H2,1-2H3,(H,24,26). The molecule has 0 saturated heterocycles. The van der Waals surface area contributed by atoms with Crippen molar-refractivity contribution in [1.82, 2.24) is 9.97 Å². The van der Waals surface area contributed by atoms with Crippen molar-refractivity contribution in [3.8, 4) is 28.8 Å². The van der Waals surface area contributed by atoms with Crippen molar-refractivity contribution < 1.29 is 19.0 Å². The van der Waals surface area contributed by atoms with Crippen molar-refractivity contribution in [3.63, 3.8) is 0 Å². The van der Waals surface area contributed by atoms with E-state index in [1.54, 1.807) is 24.3 Å². The van der Waals surface area contributed by atoms with Gasteiger partial charge in [-0.15, -0.1) is 0 Å². The van der Waals surface area contributed by atoms with E-state index in [1.807, 2.05) is 38.1 Å². The molecule has 0 bridgehead atoms. The molecule has 0 radical (unpaired) electrons. The Morgan fingerprint density at radius 2 is 1.76 bits per heavy atom. The molecule has 0 fully saturated rings. The molecule has 7 heteroatoms. The van der Waals surface area contributed by atoms with Gasteiger partial charge in [0.1, 0.15) is 13.2 Å². The van der Waals surface area contributed by atoms with Gasteiger partial charge in [-0.05, 0) is 26.0 Å². The molecule has 0 unspecified atom stereocenters. The number of aromatic nitrogens is 2. The first-order valence-electron chi connectivity index (χ1n) is 9.32. The zero-order valence-electron chi connectivity index (χ0n) is 16.3. The van der Waals surface area contributed by atoms with E-state index in [1.165, 1.54) is 0 Å². The molecule has 0 atom stereocenters. The lowest BCUT2D eigenvalue weighted by Crippen LogP contribution is -2.21. The van der Waals surface area contributed by atoms with Crippen molar-refractivity contribution in [2.75, 3.05) is 25.1 Å². The molecule has 148 valence electrons. The average Bonchev–Trinajstić information content (AvgIpc) is 2.72. The van der Waals surface area contributed by atoms with E-state index < -0.39 is 0 Å². The number of nitrogens with one attached hydrogen (secondary N) is 1. The van der Waals surface area contributed by atoms with Gasteiger partial charge in [0.2, 0.25) is 5.88 Å². The zero-order valence-corrected chi connectivity index (χ0v) is 16.3. The Morgan fingerprint density at radius 1 is 1.00 bits per heavy atom. The summed E-state index contributed by atoms with van der Waals surface area (Å²) < 4.78 is 16.6. The van der Waals surface area contributed by atoms with Crippen LogP contribution in [-0.2, 0) is 4.79 Å². The van der Waals surface area contributed by atoms with Gasteiger partial charge in [0.25, 0.3) is 5.91 Å². The SMILES string of the molecule is Cc1ccc(-c2nc(C)cc(OCC(=O)Nc3ccc4c(c3)OCCO4)n2)cc1. The summed E-state index contributed by atoms with van der Waals surface area (Å²) in [7, 11) is 0. The van der Waals surface area contributed by atoms with Crippen LogP contribution in [0, 0.1) is 13.8 Å². The number of anilines is 1. The number of benzene rings is 2. The van der Waals surface area contributed by atoms with E-state index in [2.05, 4.69) is 15.3 Å². The van der Waals surface area contributed by atoms with Crippen molar-refractivity contribution in [1.29, 1.82) is 0 Å². The largest absolute Gasteiger partial charge is 0.486 e. The lowest BCUT2D eigenvalue weighted by atomic mass is 10.1. The third kappa shape index (κ3) is 4.63. The van der Waals surface area contributed by atoms with Crippen LogP contribution in [0.3, 0.4) is 0 Å². The van der Waals surface area contributed by atoms with Gasteiger partial charge in [-0.25, -0.2) is 4.98 Å². The van der Waals surface area contributed by atoms with Crippen molar-refractivity contribution in [2.45, 2.75) is 13.8 Å². The quantitative estimate of drug-likeness (QED) is 0.716. The zero-order chi connectivity index (χ0) is 20.2. The molecule has 2 heterocycles. The Kier molecular flexibility index (Phi) is 5.29. The van der Waals surface area contributed by atoms with E-state index in [9.17, 15) is 4.79 Å². The summed E-state index contributed by atoms with van der Waals surface area (Å²) in [5, 5.41) is 2.79. The predicted molar refractivity (Wildman–Crippen MR) is 108 cm³/mol. The van der Waals surface area contributed by atoms with Crippen molar-refractivity contribution >= 4 is 11.6 Å². The number of fused-ring (bicyclic) bond motifs is 1. The Bertz CT molecular complexity index is 1030. The number of hydrogen-bond acceptors (Lipinski definition) is 6. The molecule has 0 aliphatic carbocycles. The fourth-order valence-corrected chi connectivity index (χ4v) is 2.90. The number of aryl methyl sites for hydroxylation is 2. The Hall–Kier alpha value is -3.61. The molecule has 3 aromatic rings. The van der Waals surface area contributed by atoms with Gasteiger partial charge in [-0.1, -0.05) is 29.8 Å². The molecule has 2 aromatic carbocycles. The van der Waals surface area contributed by atoms with E-state index in [0.29, 0.717) is 42.1 Å². The third-order valence-corrected chi connectivity index (χ3v) is 4.32. The molecular formula is C22H21N3O4. The molecule has 1 amide bonds. The Morgan fingerprint density at radius 3 is 2.55 bits per heavy atom. The summed E-state index contributed by atoms with van der Waals surface area (Å²) in [6.07, 6.45) is 0. The highest BCUT2D eigenvalue weighted by molar-refractivity contribution is 5.92. The summed E-state index contributed by atoms with van der Waals surface area (Å²) in [5.74, 6) is 1.90. The van der Waals surface area contributed by atoms with Crippen LogP contribution in [0.15, 0.2) is 48.5 Å². The molecule has 1 aliphatic rings. The van der Waals surface area contributed by atoms with Crippen LogP contribution in [0.4, 0.5) is 5.69 Å². The second kappa shape index (κ2) is 8.18.